The van der Waals surface area contributed by atoms with Crippen molar-refractivity contribution >= 4 is 11.8 Å². The molecule has 3 aromatic rings. The van der Waals surface area contributed by atoms with E-state index in [1.54, 1.807) is 11.8 Å². The quantitative estimate of drug-likeness (QED) is 0.423. The van der Waals surface area contributed by atoms with Crippen LogP contribution in [0.15, 0.2) is 59.5 Å². The molecular weight excluding hydrogens is 532 g/mol. The molecule has 1 fully saturated rings. The van der Waals surface area contributed by atoms with Crippen LogP contribution in [0.5, 0.6) is 5.75 Å². The number of pyridine rings is 1. The number of aromatic nitrogens is 1. The molecule has 1 aromatic heterocycles. The van der Waals surface area contributed by atoms with Gasteiger partial charge in [0.1, 0.15) is 23.8 Å². The van der Waals surface area contributed by atoms with E-state index in [2.05, 4.69) is 5.32 Å². The SMILES string of the molecule is CCC[C@H]1CC[C@](C)(O)[C@H]2CN1C(=O)c1c(OCc3ccccc3)c(=O)c(C(=O)NCc3ccc(F)cc3F)cn12. The molecule has 0 spiro atoms. The third-order valence-corrected chi connectivity index (χ3v) is 8.05. The Bertz CT molecular complexity index is 1520. The molecule has 8 nitrogen and oxygen atoms in total. The van der Waals surface area contributed by atoms with Crippen LogP contribution >= 0.6 is 0 Å². The third kappa shape index (κ3) is 5.61. The van der Waals surface area contributed by atoms with E-state index in [0.29, 0.717) is 18.9 Å². The van der Waals surface area contributed by atoms with E-state index < -0.39 is 40.5 Å². The maximum Gasteiger partial charge on any atom is 0.274 e. The van der Waals surface area contributed by atoms with Crippen molar-refractivity contribution in [3.8, 4) is 5.75 Å². The number of fused-ring (bicyclic) bond motifs is 4. The van der Waals surface area contributed by atoms with Crippen LogP contribution in [-0.2, 0) is 13.2 Å². The van der Waals surface area contributed by atoms with Crippen molar-refractivity contribution in [2.45, 2.75) is 70.4 Å². The second kappa shape index (κ2) is 11.4. The average Bonchev–Trinajstić information content (AvgIpc) is 3.06. The maximum absolute atomic E-state index is 14.2. The molecule has 2 bridgehead atoms. The summed E-state index contributed by atoms with van der Waals surface area (Å²) < 4.78 is 35.0. The summed E-state index contributed by atoms with van der Waals surface area (Å²) in [5, 5.41) is 14.1. The summed E-state index contributed by atoms with van der Waals surface area (Å²) in [6.07, 6.45) is 3.90. The molecule has 0 saturated carbocycles. The van der Waals surface area contributed by atoms with Gasteiger partial charge in [-0.05, 0) is 37.8 Å². The summed E-state index contributed by atoms with van der Waals surface area (Å²) in [5.41, 5.74) is -1.56. The lowest BCUT2D eigenvalue weighted by atomic mass is 9.90. The molecule has 10 heteroatoms. The summed E-state index contributed by atoms with van der Waals surface area (Å²) in [4.78, 5) is 42.8. The average molecular weight is 566 g/mol. The second-order valence-electron chi connectivity index (χ2n) is 11.0. The number of nitrogens with zero attached hydrogens (tertiary/aromatic N) is 2. The first-order chi connectivity index (χ1) is 19.6. The molecule has 2 aliphatic heterocycles. The minimum absolute atomic E-state index is 0.00779. The topological polar surface area (TPSA) is 101 Å². The van der Waals surface area contributed by atoms with Crippen molar-refractivity contribution < 1.29 is 28.2 Å². The first-order valence-electron chi connectivity index (χ1n) is 13.8. The first-order valence-corrected chi connectivity index (χ1v) is 13.8. The summed E-state index contributed by atoms with van der Waals surface area (Å²) >= 11 is 0. The summed E-state index contributed by atoms with van der Waals surface area (Å²) in [7, 11) is 0. The third-order valence-electron chi connectivity index (χ3n) is 8.05. The van der Waals surface area contributed by atoms with Crippen molar-refractivity contribution in [1.82, 2.24) is 14.8 Å². The molecule has 216 valence electrons. The van der Waals surface area contributed by atoms with Gasteiger partial charge in [-0.3, -0.25) is 14.4 Å². The zero-order valence-corrected chi connectivity index (χ0v) is 23.0. The van der Waals surface area contributed by atoms with Gasteiger partial charge in [0.05, 0.1) is 11.6 Å². The fraction of sp³-hybridized carbons (Fsp3) is 0.387. The highest BCUT2D eigenvalue weighted by Crippen LogP contribution is 2.41. The summed E-state index contributed by atoms with van der Waals surface area (Å²) in [6.45, 7) is 3.63. The molecule has 2 N–H and O–H groups in total. The molecule has 41 heavy (non-hydrogen) atoms. The molecule has 0 radical (unpaired) electrons. The highest BCUT2D eigenvalue weighted by atomic mass is 19.1. The molecule has 0 aliphatic carbocycles. The first kappa shape index (κ1) is 28.5. The van der Waals surface area contributed by atoms with Gasteiger partial charge in [-0.25, -0.2) is 8.78 Å². The maximum atomic E-state index is 14.2. The van der Waals surface area contributed by atoms with Crippen LogP contribution in [0.1, 0.15) is 77.5 Å². The van der Waals surface area contributed by atoms with E-state index in [9.17, 15) is 28.3 Å². The number of rotatable bonds is 8. The lowest BCUT2D eigenvalue weighted by molar-refractivity contribution is -0.00871. The Hall–Kier alpha value is -4.05. The molecule has 0 unspecified atom stereocenters. The molecule has 3 atom stereocenters. The Balaban J connectivity index is 1.59. The highest BCUT2D eigenvalue weighted by molar-refractivity contribution is 5.99. The normalized spacial score (nSPS) is 21.7. The van der Waals surface area contributed by atoms with Gasteiger partial charge in [-0.15, -0.1) is 0 Å². The number of hydrogen-bond acceptors (Lipinski definition) is 5. The van der Waals surface area contributed by atoms with E-state index in [1.807, 2.05) is 37.3 Å². The number of hydrogen-bond donors (Lipinski definition) is 2. The fourth-order valence-corrected chi connectivity index (χ4v) is 5.74. The predicted molar refractivity (Wildman–Crippen MR) is 148 cm³/mol. The summed E-state index contributed by atoms with van der Waals surface area (Å²) in [6, 6.07) is 11.3. The van der Waals surface area contributed by atoms with Crippen LogP contribution in [0.25, 0.3) is 0 Å². The number of aliphatic hydroxyl groups is 1. The Morgan fingerprint density at radius 3 is 2.63 bits per heavy atom. The molecule has 2 aromatic carbocycles. The van der Waals surface area contributed by atoms with Crippen molar-refractivity contribution in [3.63, 3.8) is 0 Å². The van der Waals surface area contributed by atoms with Gasteiger partial charge in [-0.1, -0.05) is 49.7 Å². The Kier molecular flexibility index (Phi) is 7.95. The van der Waals surface area contributed by atoms with Crippen LogP contribution in [-0.4, -0.2) is 44.6 Å². The van der Waals surface area contributed by atoms with E-state index in [4.69, 9.17) is 4.74 Å². The highest BCUT2D eigenvalue weighted by Gasteiger charge is 2.47. The smallest absolute Gasteiger partial charge is 0.274 e. The Morgan fingerprint density at radius 2 is 1.93 bits per heavy atom. The van der Waals surface area contributed by atoms with E-state index >= 15 is 0 Å². The van der Waals surface area contributed by atoms with Crippen LogP contribution in [0, 0.1) is 11.6 Å². The van der Waals surface area contributed by atoms with Crippen molar-refractivity contribution in [1.29, 1.82) is 0 Å². The zero-order chi connectivity index (χ0) is 29.3. The predicted octanol–water partition coefficient (Wildman–Crippen LogP) is 4.35. The van der Waals surface area contributed by atoms with Crippen LogP contribution in [0.2, 0.25) is 0 Å². The molecule has 3 heterocycles. The standard InChI is InChI=1S/C31H33F2N3O5/c1-3-7-22-12-13-31(2,40)25-17-35(22)30(39)26-28(41-18-19-8-5-4-6-9-19)27(37)23(16-36(25)26)29(38)34-15-20-10-11-21(32)14-24(20)33/h4-6,8-11,14,16,22,25,40H,3,7,12-13,15,17-18H2,1-2H3,(H,34,38)/t22-,25+,31-/m0/s1. The van der Waals surface area contributed by atoms with Gasteiger partial charge in [-0.2, -0.15) is 0 Å². The molecule has 5 rings (SSSR count). The molecular formula is C31H33F2N3O5. The van der Waals surface area contributed by atoms with Gasteiger partial charge in [0.2, 0.25) is 5.43 Å². The largest absolute Gasteiger partial charge is 0.483 e. The lowest BCUT2D eigenvalue weighted by Gasteiger charge is -2.42. The number of halogens is 2. The van der Waals surface area contributed by atoms with E-state index in [-0.39, 0.29) is 48.3 Å². The van der Waals surface area contributed by atoms with Crippen molar-refractivity contribution in [2.75, 3.05) is 6.54 Å². The number of carbonyl (C=O) groups is 2. The molecule has 1 saturated heterocycles. The van der Waals surface area contributed by atoms with Crippen LogP contribution in [0.3, 0.4) is 0 Å². The number of ether oxygens (including phenoxy) is 1. The monoisotopic (exact) mass is 565 g/mol. The minimum atomic E-state index is -1.24. The number of benzene rings is 2. The fourth-order valence-electron chi connectivity index (χ4n) is 5.74. The van der Waals surface area contributed by atoms with E-state index in [0.717, 1.165) is 24.5 Å². The van der Waals surface area contributed by atoms with Crippen molar-refractivity contribution in [3.05, 3.63) is 99.0 Å². The van der Waals surface area contributed by atoms with Gasteiger partial charge < -0.3 is 24.6 Å². The van der Waals surface area contributed by atoms with Crippen LogP contribution < -0.4 is 15.5 Å². The van der Waals surface area contributed by atoms with Gasteiger partial charge in [0.25, 0.3) is 11.8 Å². The number of carbonyl (C=O) groups excluding carboxylic acids is 2. The van der Waals surface area contributed by atoms with Crippen molar-refractivity contribution in [2.24, 2.45) is 0 Å². The number of amides is 2. The zero-order valence-electron chi connectivity index (χ0n) is 23.0. The van der Waals surface area contributed by atoms with Gasteiger partial charge in [0, 0.05) is 37.0 Å². The molecule has 2 aliphatic rings. The second-order valence-corrected chi connectivity index (χ2v) is 11.0. The summed E-state index contributed by atoms with van der Waals surface area (Å²) in [5.74, 6) is -3.06. The number of nitrogens with one attached hydrogen (secondary N) is 1. The van der Waals surface area contributed by atoms with Crippen LogP contribution in [0.4, 0.5) is 8.78 Å². The van der Waals surface area contributed by atoms with E-state index in [1.165, 1.54) is 16.8 Å². The lowest BCUT2D eigenvalue weighted by Crippen LogP contribution is -2.52. The van der Waals surface area contributed by atoms with Gasteiger partial charge >= 0.3 is 0 Å². The molecule has 2 amide bonds. The van der Waals surface area contributed by atoms with Gasteiger partial charge in [0.15, 0.2) is 11.4 Å². The Labute approximate surface area is 236 Å². The Morgan fingerprint density at radius 1 is 1.17 bits per heavy atom. The minimum Gasteiger partial charge on any atom is -0.483 e.